The van der Waals surface area contributed by atoms with Crippen LogP contribution < -0.4 is 15.9 Å². The fourth-order valence-electron chi connectivity index (χ4n) is 4.31. The van der Waals surface area contributed by atoms with Crippen molar-refractivity contribution in [3.63, 3.8) is 0 Å². The van der Waals surface area contributed by atoms with Crippen molar-refractivity contribution in [1.29, 1.82) is 0 Å². The lowest BCUT2D eigenvalue weighted by Crippen LogP contribution is -2.25. The highest BCUT2D eigenvalue weighted by Gasteiger charge is 2.21. The molecule has 0 spiro atoms. The maximum Gasteiger partial charge on any atom is 0.0774 e. The highest BCUT2D eigenvalue weighted by Crippen LogP contribution is 2.34. The van der Waals surface area contributed by atoms with E-state index in [0.29, 0.717) is 0 Å². The first-order valence-electron chi connectivity index (χ1n) is 10.6. The van der Waals surface area contributed by atoms with E-state index in [1.807, 2.05) is 12.4 Å². The molecule has 3 nitrogen and oxygen atoms in total. The van der Waals surface area contributed by atoms with Gasteiger partial charge in [0.05, 0.1) is 6.04 Å². The van der Waals surface area contributed by atoms with Crippen molar-refractivity contribution >= 4 is 34.2 Å². The number of hydrogen-bond donors (Lipinski definition) is 2. The van der Waals surface area contributed by atoms with Crippen LogP contribution in [0.3, 0.4) is 0 Å². The van der Waals surface area contributed by atoms with Crippen LogP contribution in [0.1, 0.15) is 29.2 Å². The molecule has 31 heavy (non-hydrogen) atoms. The molecule has 152 valence electrons. The number of pyridine rings is 1. The van der Waals surface area contributed by atoms with Crippen molar-refractivity contribution < 1.29 is 0 Å². The summed E-state index contributed by atoms with van der Waals surface area (Å²) in [6.07, 6.45) is 15.4. The van der Waals surface area contributed by atoms with Gasteiger partial charge in [-0.15, -0.1) is 0 Å². The SMILES string of the molecule is C=C(c1c[nH]c2c1=CCC=CC=2)C(Nc1cccc(C)c1)c1cccc2cnccc12. The van der Waals surface area contributed by atoms with E-state index in [2.05, 4.69) is 108 Å². The van der Waals surface area contributed by atoms with E-state index in [4.69, 9.17) is 0 Å². The number of nitrogens with one attached hydrogen (secondary N) is 2. The van der Waals surface area contributed by atoms with Gasteiger partial charge in [-0.25, -0.2) is 0 Å². The van der Waals surface area contributed by atoms with E-state index in [1.54, 1.807) is 0 Å². The average molecular weight is 404 g/mol. The Morgan fingerprint density at radius 1 is 1.16 bits per heavy atom. The number of aromatic nitrogens is 2. The summed E-state index contributed by atoms with van der Waals surface area (Å²) in [6, 6.07) is 16.9. The minimum atomic E-state index is -0.0857. The predicted octanol–water partition coefficient (Wildman–Crippen LogP) is 5.26. The lowest BCUT2D eigenvalue weighted by molar-refractivity contribution is 1.02. The fourth-order valence-corrected chi connectivity index (χ4v) is 4.31. The van der Waals surface area contributed by atoms with Crippen molar-refractivity contribution in [3.8, 4) is 0 Å². The highest BCUT2D eigenvalue weighted by molar-refractivity contribution is 5.89. The molecule has 5 rings (SSSR count). The Labute approximate surface area is 182 Å². The van der Waals surface area contributed by atoms with Gasteiger partial charge in [0, 0.05) is 45.8 Å². The molecule has 0 saturated heterocycles. The first-order chi connectivity index (χ1) is 15.2. The normalized spacial score (nSPS) is 13.6. The van der Waals surface area contributed by atoms with E-state index in [1.165, 1.54) is 21.7 Å². The van der Waals surface area contributed by atoms with Gasteiger partial charge >= 0.3 is 0 Å². The van der Waals surface area contributed by atoms with Gasteiger partial charge < -0.3 is 10.3 Å². The van der Waals surface area contributed by atoms with Crippen LogP contribution in [0.5, 0.6) is 0 Å². The van der Waals surface area contributed by atoms with E-state index < -0.39 is 0 Å². The van der Waals surface area contributed by atoms with Crippen LogP contribution in [0, 0.1) is 6.92 Å². The number of rotatable bonds is 5. The molecular weight excluding hydrogens is 378 g/mol. The zero-order valence-electron chi connectivity index (χ0n) is 17.6. The van der Waals surface area contributed by atoms with Gasteiger partial charge in [0.15, 0.2) is 0 Å². The highest BCUT2D eigenvalue weighted by atomic mass is 14.9. The van der Waals surface area contributed by atoms with Gasteiger partial charge in [-0.1, -0.05) is 55.1 Å². The van der Waals surface area contributed by atoms with E-state index in [-0.39, 0.29) is 6.04 Å². The van der Waals surface area contributed by atoms with E-state index in [9.17, 15) is 0 Å². The van der Waals surface area contributed by atoms with Crippen molar-refractivity contribution in [1.82, 2.24) is 9.97 Å². The average Bonchev–Trinajstić information content (AvgIpc) is 3.05. The Bertz CT molecular complexity index is 1420. The first-order valence-corrected chi connectivity index (χ1v) is 10.6. The third kappa shape index (κ3) is 3.71. The topological polar surface area (TPSA) is 40.7 Å². The van der Waals surface area contributed by atoms with Crippen LogP contribution in [0.15, 0.2) is 85.9 Å². The number of nitrogens with zero attached hydrogens (tertiary/aromatic N) is 1. The van der Waals surface area contributed by atoms with Crippen LogP contribution in [-0.2, 0) is 0 Å². The molecule has 0 aliphatic heterocycles. The van der Waals surface area contributed by atoms with Crippen LogP contribution >= 0.6 is 0 Å². The maximum absolute atomic E-state index is 4.59. The molecule has 2 N–H and O–H groups in total. The summed E-state index contributed by atoms with van der Waals surface area (Å²) in [4.78, 5) is 7.73. The number of benzene rings is 2. The van der Waals surface area contributed by atoms with E-state index >= 15 is 0 Å². The van der Waals surface area contributed by atoms with Crippen molar-refractivity contribution in [2.75, 3.05) is 5.32 Å². The number of H-pyrrole nitrogens is 1. The second kappa shape index (κ2) is 8.11. The monoisotopic (exact) mass is 403 g/mol. The quantitative estimate of drug-likeness (QED) is 0.477. The van der Waals surface area contributed by atoms with Gasteiger partial charge in [0.1, 0.15) is 0 Å². The molecule has 1 unspecified atom stereocenters. The summed E-state index contributed by atoms with van der Waals surface area (Å²) in [5.41, 5.74) is 5.68. The van der Waals surface area contributed by atoms with Crippen LogP contribution in [0.4, 0.5) is 5.69 Å². The van der Waals surface area contributed by atoms with Gasteiger partial charge in [-0.2, -0.15) is 0 Å². The zero-order chi connectivity index (χ0) is 21.2. The number of aryl methyl sites for hydroxylation is 1. The van der Waals surface area contributed by atoms with Gasteiger partial charge in [-0.05, 0) is 59.7 Å². The molecule has 2 heterocycles. The summed E-state index contributed by atoms with van der Waals surface area (Å²) in [6.45, 7) is 6.70. The molecule has 2 aromatic heterocycles. The van der Waals surface area contributed by atoms with Gasteiger partial charge in [0.2, 0.25) is 0 Å². The van der Waals surface area contributed by atoms with Crippen LogP contribution in [-0.4, -0.2) is 9.97 Å². The largest absolute Gasteiger partial charge is 0.374 e. The number of fused-ring (bicyclic) bond motifs is 2. The molecule has 0 bridgehead atoms. The second-order valence-electron chi connectivity index (χ2n) is 7.98. The molecule has 0 amide bonds. The lowest BCUT2D eigenvalue weighted by Gasteiger charge is -2.24. The molecule has 1 aliphatic rings. The first kappa shape index (κ1) is 19.1. The minimum absolute atomic E-state index is 0.0857. The van der Waals surface area contributed by atoms with Crippen molar-refractivity contribution in [2.24, 2.45) is 0 Å². The Morgan fingerprint density at radius 2 is 2.06 bits per heavy atom. The number of aromatic amines is 1. The molecule has 3 heteroatoms. The Kier molecular flexibility index (Phi) is 5.01. The Balaban J connectivity index is 1.67. The predicted molar refractivity (Wildman–Crippen MR) is 131 cm³/mol. The molecule has 4 aromatic rings. The second-order valence-corrected chi connectivity index (χ2v) is 7.98. The lowest BCUT2D eigenvalue weighted by atomic mass is 9.91. The summed E-state index contributed by atoms with van der Waals surface area (Å²) in [5.74, 6) is 0. The number of anilines is 1. The number of hydrogen-bond acceptors (Lipinski definition) is 2. The molecule has 1 aliphatic carbocycles. The van der Waals surface area contributed by atoms with Crippen LogP contribution in [0.2, 0.25) is 0 Å². The van der Waals surface area contributed by atoms with Gasteiger partial charge in [0.25, 0.3) is 0 Å². The van der Waals surface area contributed by atoms with Crippen molar-refractivity contribution in [3.05, 3.63) is 113 Å². The summed E-state index contributed by atoms with van der Waals surface area (Å²) >= 11 is 0. The number of allylic oxidation sites excluding steroid dienone is 2. The van der Waals surface area contributed by atoms with E-state index in [0.717, 1.165) is 34.0 Å². The van der Waals surface area contributed by atoms with Crippen molar-refractivity contribution in [2.45, 2.75) is 19.4 Å². The molecule has 0 fully saturated rings. The molecule has 0 saturated carbocycles. The third-order valence-corrected chi connectivity index (χ3v) is 5.86. The summed E-state index contributed by atoms with van der Waals surface area (Å²) in [7, 11) is 0. The smallest absolute Gasteiger partial charge is 0.0774 e. The van der Waals surface area contributed by atoms with Crippen LogP contribution in [0.25, 0.3) is 28.5 Å². The molecular formula is C28H25N3. The maximum atomic E-state index is 4.59. The molecule has 2 aromatic carbocycles. The minimum Gasteiger partial charge on any atom is -0.374 e. The summed E-state index contributed by atoms with van der Waals surface area (Å²) < 4.78 is 0. The fraction of sp³-hybridized carbons (Fsp3) is 0.107. The standard InChI is InChI=1S/C28H25N3/c1-19-8-6-10-22(16-19)31-28(25-12-7-9-21-17-29-15-14-23(21)25)20(2)26-18-30-27-13-5-3-4-11-24(26)27/h3,5-18,28,30-31H,2,4H2,1H3. The van der Waals surface area contributed by atoms with Gasteiger partial charge in [-0.3, -0.25) is 4.98 Å². The Morgan fingerprint density at radius 3 is 2.97 bits per heavy atom. The zero-order valence-corrected chi connectivity index (χ0v) is 17.6. The molecule has 1 atom stereocenters. The summed E-state index contributed by atoms with van der Waals surface area (Å²) in [5, 5.41) is 8.42. The molecule has 0 radical (unpaired) electrons. The Hall–Kier alpha value is -3.85. The third-order valence-electron chi connectivity index (χ3n) is 5.86.